The van der Waals surface area contributed by atoms with Crippen molar-refractivity contribution in [1.82, 2.24) is 0 Å². The third-order valence-electron chi connectivity index (χ3n) is 1.64. The summed E-state index contributed by atoms with van der Waals surface area (Å²) in [6, 6.07) is 0. The molecule has 0 spiro atoms. The monoisotopic (exact) mass is 116 g/mol. The first kappa shape index (κ1) is 4.73. The van der Waals surface area contributed by atoms with E-state index in [1.807, 2.05) is 0 Å². The smallest absolute Gasteiger partial charge is 0.115 e. The van der Waals surface area contributed by atoms with Gasteiger partial charge in [-0.2, -0.15) is 0 Å². The predicted molar refractivity (Wildman–Crippen MR) is 25.5 cm³/mol. The molecule has 0 aliphatic carbocycles. The molecule has 3 nitrogen and oxygen atoms in total. The molecule has 0 saturated carbocycles. The van der Waals surface area contributed by atoms with Crippen molar-refractivity contribution in [3.8, 4) is 0 Å². The maximum Gasteiger partial charge on any atom is 0.115 e. The summed E-state index contributed by atoms with van der Waals surface area (Å²) < 4.78 is 10.2. The minimum Gasteiger partial charge on any atom is -0.394 e. The summed E-state index contributed by atoms with van der Waals surface area (Å²) in [7, 11) is 0. The van der Waals surface area contributed by atoms with E-state index in [0.29, 0.717) is 12.7 Å². The van der Waals surface area contributed by atoms with Crippen LogP contribution >= 0.6 is 0 Å². The van der Waals surface area contributed by atoms with Crippen LogP contribution in [-0.2, 0) is 9.47 Å². The van der Waals surface area contributed by atoms with E-state index >= 15 is 0 Å². The standard InChI is InChI=1S/C5H8O3/c6-1-3-5-4(8-5)2-7-3/h3-6H,1-2H2/t3-,4+,5+/m1/s1. The molecule has 2 aliphatic rings. The van der Waals surface area contributed by atoms with Gasteiger partial charge in [-0.05, 0) is 0 Å². The van der Waals surface area contributed by atoms with Crippen LogP contribution in [0.25, 0.3) is 0 Å². The Morgan fingerprint density at radius 3 is 2.75 bits per heavy atom. The maximum atomic E-state index is 8.56. The van der Waals surface area contributed by atoms with E-state index in [4.69, 9.17) is 14.6 Å². The summed E-state index contributed by atoms with van der Waals surface area (Å²) >= 11 is 0. The van der Waals surface area contributed by atoms with E-state index < -0.39 is 0 Å². The number of fused-ring (bicyclic) bond motifs is 1. The molecule has 0 radical (unpaired) electrons. The van der Waals surface area contributed by atoms with Gasteiger partial charge in [-0.15, -0.1) is 0 Å². The van der Waals surface area contributed by atoms with E-state index in [9.17, 15) is 0 Å². The molecule has 0 aromatic heterocycles. The van der Waals surface area contributed by atoms with Crippen LogP contribution in [0.2, 0.25) is 0 Å². The Labute approximate surface area is 47.2 Å². The molecule has 2 fully saturated rings. The van der Waals surface area contributed by atoms with Gasteiger partial charge >= 0.3 is 0 Å². The number of aliphatic hydroxyl groups excluding tert-OH is 1. The van der Waals surface area contributed by atoms with Gasteiger partial charge in [0.15, 0.2) is 0 Å². The fraction of sp³-hybridized carbons (Fsp3) is 1.00. The Kier molecular flexibility index (Phi) is 0.848. The van der Waals surface area contributed by atoms with E-state index in [-0.39, 0.29) is 18.8 Å². The highest BCUT2D eigenvalue weighted by Gasteiger charge is 2.51. The number of aliphatic hydroxyl groups is 1. The van der Waals surface area contributed by atoms with E-state index in [1.54, 1.807) is 0 Å². The van der Waals surface area contributed by atoms with Crippen LogP contribution in [0.15, 0.2) is 0 Å². The Morgan fingerprint density at radius 2 is 2.50 bits per heavy atom. The highest BCUT2D eigenvalue weighted by Crippen LogP contribution is 2.33. The van der Waals surface area contributed by atoms with Crippen LogP contribution in [0.1, 0.15) is 0 Å². The van der Waals surface area contributed by atoms with Gasteiger partial charge in [-0.25, -0.2) is 0 Å². The van der Waals surface area contributed by atoms with E-state index in [2.05, 4.69) is 0 Å². The quantitative estimate of drug-likeness (QED) is 0.453. The van der Waals surface area contributed by atoms with Crippen LogP contribution in [0.3, 0.4) is 0 Å². The Balaban J connectivity index is 1.97. The van der Waals surface area contributed by atoms with Gasteiger partial charge in [0, 0.05) is 0 Å². The lowest BCUT2D eigenvalue weighted by molar-refractivity contribution is -0.00339. The van der Waals surface area contributed by atoms with Gasteiger partial charge in [0.2, 0.25) is 0 Å². The summed E-state index contributed by atoms with van der Waals surface area (Å²) in [5, 5.41) is 8.56. The van der Waals surface area contributed by atoms with Gasteiger partial charge < -0.3 is 14.6 Å². The van der Waals surface area contributed by atoms with Crippen molar-refractivity contribution in [2.45, 2.75) is 18.3 Å². The lowest BCUT2D eigenvalue weighted by atomic mass is 10.2. The SMILES string of the molecule is OC[C@H]1OC[C@@H]2O[C@H]21. The molecule has 46 valence electrons. The molecular formula is C5H8O3. The molecule has 8 heavy (non-hydrogen) atoms. The van der Waals surface area contributed by atoms with Crippen molar-refractivity contribution in [3.63, 3.8) is 0 Å². The second kappa shape index (κ2) is 1.43. The largest absolute Gasteiger partial charge is 0.394 e. The Hall–Kier alpha value is -0.120. The Bertz CT molecular complexity index is 104. The number of epoxide rings is 1. The van der Waals surface area contributed by atoms with Gasteiger partial charge in [-0.3, -0.25) is 0 Å². The summed E-state index contributed by atoms with van der Waals surface area (Å²) in [5.74, 6) is 0. The molecule has 0 aromatic rings. The minimum atomic E-state index is -0.0278. The third kappa shape index (κ3) is 0.491. The topological polar surface area (TPSA) is 42.0 Å². The first-order chi connectivity index (χ1) is 3.92. The molecule has 1 N–H and O–H groups in total. The molecule has 3 heteroatoms. The zero-order chi connectivity index (χ0) is 5.56. The fourth-order valence-corrected chi connectivity index (χ4v) is 1.09. The number of hydrogen-bond acceptors (Lipinski definition) is 3. The summed E-state index contributed by atoms with van der Waals surface area (Å²) in [6.45, 7) is 0.775. The molecule has 2 saturated heterocycles. The maximum absolute atomic E-state index is 8.56. The molecule has 0 unspecified atom stereocenters. The first-order valence-corrected chi connectivity index (χ1v) is 2.80. The molecule has 2 heterocycles. The van der Waals surface area contributed by atoms with Crippen molar-refractivity contribution in [2.24, 2.45) is 0 Å². The molecule has 3 atom stereocenters. The van der Waals surface area contributed by atoms with Crippen molar-refractivity contribution >= 4 is 0 Å². The van der Waals surface area contributed by atoms with Crippen molar-refractivity contribution < 1.29 is 14.6 Å². The van der Waals surface area contributed by atoms with E-state index in [0.717, 1.165) is 0 Å². The van der Waals surface area contributed by atoms with Crippen LogP contribution in [-0.4, -0.2) is 36.6 Å². The molecule has 2 aliphatic heterocycles. The molecular weight excluding hydrogens is 108 g/mol. The molecule has 0 aromatic carbocycles. The predicted octanol–water partition coefficient (Wildman–Crippen LogP) is -0.855. The molecule has 0 bridgehead atoms. The van der Waals surface area contributed by atoms with Gasteiger partial charge in [0.1, 0.15) is 18.3 Å². The normalized spacial score (nSPS) is 51.4. The average molecular weight is 116 g/mol. The molecule has 0 amide bonds. The van der Waals surface area contributed by atoms with Crippen LogP contribution < -0.4 is 0 Å². The first-order valence-electron chi connectivity index (χ1n) is 2.80. The molecule has 2 rings (SSSR count). The number of ether oxygens (including phenoxy) is 2. The fourth-order valence-electron chi connectivity index (χ4n) is 1.09. The highest BCUT2D eigenvalue weighted by atomic mass is 16.7. The minimum absolute atomic E-state index is 0.0278. The number of hydrogen-bond donors (Lipinski definition) is 1. The number of rotatable bonds is 1. The highest BCUT2D eigenvalue weighted by molar-refractivity contribution is 4.96. The second-order valence-corrected chi connectivity index (χ2v) is 2.19. The summed E-state index contributed by atoms with van der Waals surface area (Å²) in [5.41, 5.74) is 0. The third-order valence-corrected chi connectivity index (χ3v) is 1.64. The van der Waals surface area contributed by atoms with Crippen molar-refractivity contribution in [3.05, 3.63) is 0 Å². The van der Waals surface area contributed by atoms with Gasteiger partial charge in [-0.1, -0.05) is 0 Å². The Morgan fingerprint density at radius 1 is 1.62 bits per heavy atom. The lowest BCUT2D eigenvalue weighted by Crippen LogP contribution is -2.18. The van der Waals surface area contributed by atoms with Crippen molar-refractivity contribution in [2.75, 3.05) is 13.2 Å². The summed E-state index contributed by atoms with van der Waals surface area (Å²) in [6.07, 6.45) is 0.507. The van der Waals surface area contributed by atoms with E-state index in [1.165, 1.54) is 0 Å². The van der Waals surface area contributed by atoms with Crippen LogP contribution in [0, 0.1) is 0 Å². The lowest BCUT2D eigenvalue weighted by Gasteiger charge is -2.04. The second-order valence-electron chi connectivity index (χ2n) is 2.19. The summed E-state index contributed by atoms with van der Waals surface area (Å²) in [4.78, 5) is 0. The van der Waals surface area contributed by atoms with Gasteiger partial charge in [0.25, 0.3) is 0 Å². The zero-order valence-electron chi connectivity index (χ0n) is 4.41. The van der Waals surface area contributed by atoms with Crippen LogP contribution in [0.4, 0.5) is 0 Å². The van der Waals surface area contributed by atoms with Crippen LogP contribution in [0.5, 0.6) is 0 Å². The average Bonchev–Trinajstić information content (AvgIpc) is 2.46. The zero-order valence-corrected chi connectivity index (χ0v) is 4.41. The van der Waals surface area contributed by atoms with Crippen molar-refractivity contribution in [1.29, 1.82) is 0 Å². The van der Waals surface area contributed by atoms with Gasteiger partial charge in [0.05, 0.1) is 13.2 Å².